The van der Waals surface area contributed by atoms with Crippen LogP contribution in [0.25, 0.3) is 10.8 Å². The van der Waals surface area contributed by atoms with Crippen molar-refractivity contribution >= 4 is 40.7 Å². The van der Waals surface area contributed by atoms with Crippen LogP contribution in [0.15, 0.2) is 103 Å². The van der Waals surface area contributed by atoms with Crippen LogP contribution in [0.4, 0.5) is 11.4 Å². The lowest BCUT2D eigenvalue weighted by Gasteiger charge is -2.07. The number of thiol groups is 1. The van der Waals surface area contributed by atoms with Crippen molar-refractivity contribution in [2.75, 3.05) is 11.5 Å². The van der Waals surface area contributed by atoms with Crippen LogP contribution in [0.1, 0.15) is 28.4 Å². The molecule has 0 bridgehead atoms. The minimum Gasteiger partial charge on any atom is -0.478 e. The molecule has 0 aliphatic heterocycles. The lowest BCUT2D eigenvalue weighted by molar-refractivity contribution is 0.0698. The summed E-state index contributed by atoms with van der Waals surface area (Å²) < 4.78 is 0. The molecule has 5 heteroatoms. The van der Waals surface area contributed by atoms with E-state index in [1.54, 1.807) is 18.2 Å². The number of benzene rings is 4. The Labute approximate surface area is 202 Å². The van der Waals surface area contributed by atoms with Gasteiger partial charge < -0.3 is 16.6 Å². The molecular weight excluding hydrogens is 428 g/mol. The molecule has 0 aliphatic rings. The lowest BCUT2D eigenvalue weighted by Crippen LogP contribution is -2.02. The van der Waals surface area contributed by atoms with Crippen LogP contribution in [0.2, 0.25) is 0 Å². The number of carboxylic acids is 1. The van der Waals surface area contributed by atoms with E-state index in [0.29, 0.717) is 5.69 Å². The average Bonchev–Trinajstić information content (AvgIpc) is 2.84. The highest BCUT2D eigenvalue weighted by atomic mass is 32.1. The highest BCUT2D eigenvalue weighted by Gasteiger charge is 2.06. The van der Waals surface area contributed by atoms with Crippen LogP contribution in [-0.4, -0.2) is 11.1 Å². The minimum absolute atomic E-state index is 0.171. The molecule has 0 saturated carbocycles. The van der Waals surface area contributed by atoms with Gasteiger partial charge in [-0.15, -0.1) is 25.8 Å². The van der Waals surface area contributed by atoms with Gasteiger partial charge in [-0.1, -0.05) is 67.1 Å². The van der Waals surface area contributed by atoms with E-state index in [1.807, 2.05) is 61.5 Å². The van der Waals surface area contributed by atoms with Gasteiger partial charge in [-0.05, 0) is 54.6 Å². The molecule has 33 heavy (non-hydrogen) atoms. The number of hydrogen-bond donors (Lipinski definition) is 4. The van der Waals surface area contributed by atoms with Gasteiger partial charge in [0, 0.05) is 21.7 Å². The van der Waals surface area contributed by atoms with Gasteiger partial charge in [-0.3, -0.25) is 0 Å². The molecule has 0 aliphatic carbocycles. The van der Waals surface area contributed by atoms with E-state index in [4.69, 9.17) is 16.6 Å². The standard InChI is InChI=1S/C12H13NS.C8H9NO2.C6H6.C2H4/c1-2-8-3-6-12(13)11-7-9(14)4-5-10(8)11;1-5-2-3-7(9)6(4-5)8(10)11;1-2-4-6-5-3-1;1-2/h3-7,14H,2,13H2,1H3;2-4H,9H2,1H3,(H,10,11);1-6H;1-2H2. The van der Waals surface area contributed by atoms with Crippen LogP contribution in [-0.2, 0) is 6.42 Å². The first-order valence-electron chi connectivity index (χ1n) is 10.4. The van der Waals surface area contributed by atoms with E-state index in [-0.39, 0.29) is 5.56 Å². The van der Waals surface area contributed by atoms with Gasteiger partial charge in [0.25, 0.3) is 0 Å². The third-order valence-corrected chi connectivity index (χ3v) is 4.89. The number of fused-ring (bicyclic) bond motifs is 1. The molecule has 4 rings (SSSR count). The second kappa shape index (κ2) is 14.4. The van der Waals surface area contributed by atoms with E-state index >= 15 is 0 Å². The summed E-state index contributed by atoms with van der Waals surface area (Å²) >= 11 is 4.32. The van der Waals surface area contributed by atoms with Gasteiger partial charge in [0.1, 0.15) is 0 Å². The normalized spacial score (nSPS) is 9.30. The first-order chi connectivity index (χ1) is 15.8. The summed E-state index contributed by atoms with van der Waals surface area (Å²) in [6, 6.07) is 27.1. The quantitative estimate of drug-likeness (QED) is 0.147. The third kappa shape index (κ3) is 8.75. The van der Waals surface area contributed by atoms with Gasteiger partial charge in [0.15, 0.2) is 0 Å². The number of carboxylic acid groups (broad SMARTS) is 1. The van der Waals surface area contributed by atoms with Crippen molar-refractivity contribution in [3.05, 3.63) is 115 Å². The van der Waals surface area contributed by atoms with Gasteiger partial charge in [-0.25, -0.2) is 4.79 Å². The van der Waals surface area contributed by atoms with Crippen molar-refractivity contribution < 1.29 is 9.90 Å². The molecule has 0 saturated heterocycles. The first-order valence-corrected chi connectivity index (χ1v) is 10.9. The van der Waals surface area contributed by atoms with Crippen molar-refractivity contribution in [2.45, 2.75) is 25.2 Å². The molecule has 0 radical (unpaired) electrons. The van der Waals surface area contributed by atoms with Crippen LogP contribution in [0.3, 0.4) is 0 Å². The Hall–Kier alpha value is -3.70. The zero-order valence-corrected chi connectivity index (χ0v) is 20.1. The second-order valence-electron chi connectivity index (χ2n) is 6.95. The van der Waals surface area contributed by atoms with Crippen LogP contribution >= 0.6 is 12.6 Å². The van der Waals surface area contributed by atoms with Crippen LogP contribution < -0.4 is 11.5 Å². The summed E-state index contributed by atoms with van der Waals surface area (Å²) in [6.07, 6.45) is 1.03. The van der Waals surface area contributed by atoms with Gasteiger partial charge >= 0.3 is 5.97 Å². The van der Waals surface area contributed by atoms with Gasteiger partial charge in [-0.2, -0.15) is 0 Å². The number of nitrogens with two attached hydrogens (primary N) is 2. The maximum absolute atomic E-state index is 10.5. The van der Waals surface area contributed by atoms with E-state index < -0.39 is 5.97 Å². The van der Waals surface area contributed by atoms with Crippen molar-refractivity contribution in [3.63, 3.8) is 0 Å². The third-order valence-electron chi connectivity index (χ3n) is 4.61. The second-order valence-corrected chi connectivity index (χ2v) is 7.46. The zero-order valence-electron chi connectivity index (χ0n) is 19.2. The van der Waals surface area contributed by atoms with Crippen LogP contribution in [0.5, 0.6) is 0 Å². The zero-order chi connectivity index (χ0) is 24.8. The molecule has 0 aromatic heterocycles. The largest absolute Gasteiger partial charge is 0.478 e. The number of hydrogen-bond acceptors (Lipinski definition) is 4. The van der Waals surface area contributed by atoms with E-state index in [0.717, 1.165) is 28.0 Å². The van der Waals surface area contributed by atoms with E-state index in [9.17, 15) is 4.79 Å². The summed E-state index contributed by atoms with van der Waals surface area (Å²) in [7, 11) is 0. The summed E-state index contributed by atoms with van der Waals surface area (Å²) in [6.45, 7) is 9.98. The summed E-state index contributed by atoms with van der Waals surface area (Å²) in [4.78, 5) is 11.4. The molecule has 0 amide bonds. The van der Waals surface area contributed by atoms with Gasteiger partial charge in [0.05, 0.1) is 5.56 Å². The summed E-state index contributed by atoms with van der Waals surface area (Å²) in [5.41, 5.74) is 14.9. The first kappa shape index (κ1) is 27.3. The van der Waals surface area contributed by atoms with Crippen molar-refractivity contribution in [1.82, 2.24) is 0 Å². The number of aryl methyl sites for hydroxylation is 2. The highest BCUT2D eigenvalue weighted by molar-refractivity contribution is 7.80. The van der Waals surface area contributed by atoms with E-state index in [2.05, 4.69) is 44.8 Å². The van der Waals surface area contributed by atoms with Crippen molar-refractivity contribution in [3.8, 4) is 0 Å². The molecule has 0 fully saturated rings. The molecule has 4 aromatic carbocycles. The number of carbonyl (C=O) groups is 1. The number of nitrogen functional groups attached to an aromatic ring is 2. The maximum atomic E-state index is 10.5. The fraction of sp³-hybridized carbons (Fsp3) is 0.107. The minimum atomic E-state index is -0.980. The number of anilines is 2. The molecule has 5 N–H and O–H groups in total. The molecule has 0 spiro atoms. The van der Waals surface area contributed by atoms with Crippen molar-refractivity contribution in [1.29, 1.82) is 0 Å². The van der Waals surface area contributed by atoms with Gasteiger partial charge in [0.2, 0.25) is 0 Å². The number of rotatable bonds is 2. The lowest BCUT2D eigenvalue weighted by atomic mass is 10.0. The fourth-order valence-corrected chi connectivity index (χ4v) is 3.17. The molecule has 4 aromatic rings. The molecular formula is C28H32N2O2S. The summed E-state index contributed by atoms with van der Waals surface area (Å²) in [5.74, 6) is -0.980. The predicted octanol–water partition coefficient (Wildman–Crippen LogP) is 7.04. The predicted molar refractivity (Wildman–Crippen MR) is 145 cm³/mol. The number of aromatic carboxylic acids is 1. The fourth-order valence-electron chi connectivity index (χ4n) is 2.97. The topological polar surface area (TPSA) is 89.3 Å². The molecule has 4 nitrogen and oxygen atoms in total. The Bertz CT molecular complexity index is 1130. The Balaban J connectivity index is 0.000000255. The Morgan fingerprint density at radius 3 is 1.88 bits per heavy atom. The van der Waals surface area contributed by atoms with Crippen molar-refractivity contribution in [2.24, 2.45) is 0 Å². The summed E-state index contributed by atoms with van der Waals surface area (Å²) in [5, 5.41) is 11.0. The Morgan fingerprint density at radius 2 is 1.39 bits per heavy atom. The maximum Gasteiger partial charge on any atom is 0.337 e. The smallest absolute Gasteiger partial charge is 0.337 e. The molecule has 172 valence electrons. The Kier molecular flexibility index (Phi) is 11.9. The van der Waals surface area contributed by atoms with E-state index in [1.165, 1.54) is 10.9 Å². The average molecular weight is 461 g/mol. The monoisotopic (exact) mass is 460 g/mol. The molecule has 0 unspecified atom stereocenters. The highest BCUT2D eigenvalue weighted by Crippen LogP contribution is 2.27. The SMILES string of the molecule is C=C.CCc1ccc(N)c2cc(S)ccc12.Cc1ccc(N)c(C(=O)O)c1.c1ccccc1. The molecule has 0 heterocycles. The van der Waals surface area contributed by atoms with Crippen LogP contribution in [0, 0.1) is 6.92 Å². The Morgan fingerprint density at radius 1 is 0.848 bits per heavy atom. The molecule has 0 atom stereocenters.